The minimum atomic E-state index is 0.737. The Morgan fingerprint density at radius 3 is 2.43 bits per heavy atom. The quantitative estimate of drug-likeness (QED) is 0.683. The monoisotopic (exact) mass is 185 g/mol. The molecule has 2 aromatic rings. The standard InChI is InChI=1S/C11H11N3/c1-8-3-4-9(2)10(5-8)11-13-6-12-7-14-11/h3-7H,1-2H3. The van der Waals surface area contributed by atoms with Crippen molar-refractivity contribution in [3.05, 3.63) is 42.0 Å². The molecule has 3 heteroatoms. The first-order valence-corrected chi connectivity index (χ1v) is 4.47. The summed E-state index contributed by atoms with van der Waals surface area (Å²) in [6.07, 6.45) is 3.04. The molecule has 0 aliphatic rings. The molecule has 0 saturated carbocycles. The summed E-state index contributed by atoms with van der Waals surface area (Å²) in [5, 5.41) is 0. The highest BCUT2D eigenvalue weighted by Crippen LogP contribution is 2.19. The fourth-order valence-electron chi connectivity index (χ4n) is 1.36. The van der Waals surface area contributed by atoms with Crippen molar-refractivity contribution in [2.24, 2.45) is 0 Å². The summed E-state index contributed by atoms with van der Waals surface area (Å²) in [6, 6.07) is 6.25. The topological polar surface area (TPSA) is 38.7 Å². The van der Waals surface area contributed by atoms with Gasteiger partial charge >= 0.3 is 0 Å². The maximum atomic E-state index is 4.13. The third-order valence-corrected chi connectivity index (χ3v) is 2.13. The summed E-state index contributed by atoms with van der Waals surface area (Å²) in [6.45, 7) is 4.11. The first kappa shape index (κ1) is 8.81. The zero-order chi connectivity index (χ0) is 9.97. The Balaban J connectivity index is 2.57. The molecule has 14 heavy (non-hydrogen) atoms. The van der Waals surface area contributed by atoms with Crippen LogP contribution in [0.3, 0.4) is 0 Å². The largest absolute Gasteiger partial charge is 0.225 e. The van der Waals surface area contributed by atoms with E-state index in [0.717, 1.165) is 11.4 Å². The molecule has 0 atom stereocenters. The molecule has 0 aliphatic heterocycles. The predicted octanol–water partition coefficient (Wildman–Crippen LogP) is 2.16. The molecule has 1 aromatic carbocycles. The van der Waals surface area contributed by atoms with E-state index < -0.39 is 0 Å². The number of rotatable bonds is 1. The van der Waals surface area contributed by atoms with Crippen LogP contribution in [-0.4, -0.2) is 15.0 Å². The van der Waals surface area contributed by atoms with E-state index in [0.29, 0.717) is 0 Å². The maximum Gasteiger partial charge on any atom is 0.162 e. The fourth-order valence-corrected chi connectivity index (χ4v) is 1.36. The Kier molecular flexibility index (Phi) is 2.23. The highest BCUT2D eigenvalue weighted by atomic mass is 15.0. The van der Waals surface area contributed by atoms with Crippen molar-refractivity contribution in [3.8, 4) is 11.4 Å². The number of hydrogen-bond acceptors (Lipinski definition) is 3. The Labute approximate surface area is 82.9 Å². The molecule has 0 bridgehead atoms. The van der Waals surface area contributed by atoms with E-state index in [9.17, 15) is 0 Å². The van der Waals surface area contributed by atoms with Crippen molar-refractivity contribution in [1.29, 1.82) is 0 Å². The lowest BCUT2D eigenvalue weighted by Crippen LogP contribution is -1.92. The first-order valence-electron chi connectivity index (χ1n) is 4.47. The molecule has 0 amide bonds. The van der Waals surface area contributed by atoms with Crippen LogP contribution in [0, 0.1) is 13.8 Å². The summed E-state index contributed by atoms with van der Waals surface area (Å²) < 4.78 is 0. The zero-order valence-corrected chi connectivity index (χ0v) is 8.23. The molecule has 1 heterocycles. The van der Waals surface area contributed by atoms with E-state index in [1.54, 1.807) is 0 Å². The van der Waals surface area contributed by atoms with E-state index in [2.05, 4.69) is 47.0 Å². The Morgan fingerprint density at radius 1 is 1.00 bits per heavy atom. The van der Waals surface area contributed by atoms with Crippen LogP contribution in [0.5, 0.6) is 0 Å². The van der Waals surface area contributed by atoms with Crippen LogP contribution >= 0.6 is 0 Å². The number of aryl methyl sites for hydroxylation is 2. The van der Waals surface area contributed by atoms with Crippen molar-refractivity contribution in [2.75, 3.05) is 0 Å². The fraction of sp³-hybridized carbons (Fsp3) is 0.182. The van der Waals surface area contributed by atoms with Crippen LogP contribution in [0.25, 0.3) is 11.4 Å². The number of aromatic nitrogens is 3. The van der Waals surface area contributed by atoms with Gasteiger partial charge in [-0.25, -0.2) is 15.0 Å². The van der Waals surface area contributed by atoms with Crippen LogP contribution in [-0.2, 0) is 0 Å². The zero-order valence-electron chi connectivity index (χ0n) is 8.23. The van der Waals surface area contributed by atoms with Crippen LogP contribution in [0.2, 0.25) is 0 Å². The van der Waals surface area contributed by atoms with Gasteiger partial charge in [0.15, 0.2) is 5.82 Å². The van der Waals surface area contributed by atoms with Crippen LogP contribution in [0.1, 0.15) is 11.1 Å². The summed E-state index contributed by atoms with van der Waals surface area (Å²) in [5.41, 5.74) is 3.47. The average Bonchev–Trinajstić information content (AvgIpc) is 2.23. The van der Waals surface area contributed by atoms with Crippen molar-refractivity contribution in [1.82, 2.24) is 15.0 Å². The number of nitrogens with zero attached hydrogens (tertiary/aromatic N) is 3. The van der Waals surface area contributed by atoms with Crippen LogP contribution in [0.4, 0.5) is 0 Å². The molecule has 3 nitrogen and oxygen atoms in total. The van der Waals surface area contributed by atoms with Crippen molar-refractivity contribution in [3.63, 3.8) is 0 Å². The van der Waals surface area contributed by atoms with Gasteiger partial charge in [-0.3, -0.25) is 0 Å². The number of benzene rings is 1. The van der Waals surface area contributed by atoms with Crippen molar-refractivity contribution in [2.45, 2.75) is 13.8 Å². The Morgan fingerprint density at radius 2 is 1.71 bits per heavy atom. The lowest BCUT2D eigenvalue weighted by molar-refractivity contribution is 1.05. The van der Waals surface area contributed by atoms with E-state index in [1.165, 1.54) is 23.8 Å². The van der Waals surface area contributed by atoms with Gasteiger partial charge < -0.3 is 0 Å². The highest BCUT2D eigenvalue weighted by molar-refractivity contribution is 5.60. The SMILES string of the molecule is Cc1ccc(C)c(-c2ncncn2)c1. The van der Waals surface area contributed by atoms with Gasteiger partial charge in [0.2, 0.25) is 0 Å². The molecule has 0 spiro atoms. The van der Waals surface area contributed by atoms with E-state index >= 15 is 0 Å². The molecular weight excluding hydrogens is 174 g/mol. The van der Waals surface area contributed by atoms with Gasteiger partial charge in [0.25, 0.3) is 0 Å². The summed E-state index contributed by atoms with van der Waals surface area (Å²) >= 11 is 0. The van der Waals surface area contributed by atoms with E-state index in [4.69, 9.17) is 0 Å². The third-order valence-electron chi connectivity index (χ3n) is 2.13. The third kappa shape index (κ3) is 1.62. The molecule has 0 aliphatic carbocycles. The normalized spacial score (nSPS) is 10.1. The minimum Gasteiger partial charge on any atom is -0.225 e. The second-order valence-corrected chi connectivity index (χ2v) is 3.28. The smallest absolute Gasteiger partial charge is 0.162 e. The molecule has 70 valence electrons. The summed E-state index contributed by atoms with van der Waals surface area (Å²) in [7, 11) is 0. The molecule has 0 fully saturated rings. The van der Waals surface area contributed by atoms with Gasteiger partial charge in [-0.2, -0.15) is 0 Å². The van der Waals surface area contributed by atoms with Gasteiger partial charge in [0.05, 0.1) is 0 Å². The molecular formula is C11H11N3. The Hall–Kier alpha value is -1.77. The minimum absolute atomic E-state index is 0.737. The van der Waals surface area contributed by atoms with Gasteiger partial charge in [0, 0.05) is 5.56 Å². The molecule has 2 rings (SSSR count). The van der Waals surface area contributed by atoms with Gasteiger partial charge in [-0.1, -0.05) is 17.7 Å². The molecule has 0 N–H and O–H groups in total. The van der Waals surface area contributed by atoms with E-state index in [1.807, 2.05) is 0 Å². The van der Waals surface area contributed by atoms with Gasteiger partial charge in [-0.15, -0.1) is 0 Å². The molecule has 1 aromatic heterocycles. The van der Waals surface area contributed by atoms with Gasteiger partial charge in [0.1, 0.15) is 12.7 Å². The number of hydrogen-bond donors (Lipinski definition) is 0. The maximum absolute atomic E-state index is 4.13. The van der Waals surface area contributed by atoms with Crippen LogP contribution < -0.4 is 0 Å². The second kappa shape index (κ2) is 3.54. The lowest BCUT2D eigenvalue weighted by Gasteiger charge is -2.04. The van der Waals surface area contributed by atoms with Crippen molar-refractivity contribution < 1.29 is 0 Å². The molecule has 0 unspecified atom stereocenters. The first-order chi connectivity index (χ1) is 6.77. The lowest BCUT2D eigenvalue weighted by atomic mass is 10.1. The van der Waals surface area contributed by atoms with Crippen molar-refractivity contribution >= 4 is 0 Å². The predicted molar refractivity (Wildman–Crippen MR) is 54.7 cm³/mol. The summed E-state index contributed by atoms with van der Waals surface area (Å²) in [4.78, 5) is 12.1. The van der Waals surface area contributed by atoms with E-state index in [-0.39, 0.29) is 0 Å². The Bertz CT molecular complexity index is 438. The van der Waals surface area contributed by atoms with Crippen LogP contribution in [0.15, 0.2) is 30.9 Å². The summed E-state index contributed by atoms with van der Waals surface area (Å²) in [5.74, 6) is 0.737. The molecule has 0 radical (unpaired) electrons. The second-order valence-electron chi connectivity index (χ2n) is 3.28. The average molecular weight is 185 g/mol. The molecule has 0 saturated heterocycles. The van der Waals surface area contributed by atoms with Gasteiger partial charge in [-0.05, 0) is 25.5 Å². The highest BCUT2D eigenvalue weighted by Gasteiger charge is 2.03.